The van der Waals surface area contributed by atoms with Gasteiger partial charge in [0.1, 0.15) is 5.82 Å². The van der Waals surface area contributed by atoms with Gasteiger partial charge < -0.3 is 15.5 Å². The fourth-order valence-electron chi connectivity index (χ4n) is 3.80. The molecule has 2 aliphatic rings. The lowest BCUT2D eigenvalue weighted by atomic mass is 9.68. The van der Waals surface area contributed by atoms with E-state index in [-0.39, 0.29) is 42.1 Å². The molecule has 0 atom stereocenters. The summed E-state index contributed by atoms with van der Waals surface area (Å²) in [6, 6.07) is 6.15. The molecule has 144 valence electrons. The molecule has 26 heavy (non-hydrogen) atoms. The van der Waals surface area contributed by atoms with Crippen LogP contribution in [-0.4, -0.2) is 50.0 Å². The van der Waals surface area contributed by atoms with Gasteiger partial charge in [-0.05, 0) is 42.4 Å². The summed E-state index contributed by atoms with van der Waals surface area (Å²) in [4.78, 5) is 18.6. The predicted octanol–water partition coefficient (Wildman–Crippen LogP) is 2.55. The molecule has 5 nitrogen and oxygen atoms in total. The van der Waals surface area contributed by atoms with Crippen molar-refractivity contribution in [3.8, 4) is 0 Å². The number of halogens is 2. The van der Waals surface area contributed by atoms with Crippen LogP contribution in [0.1, 0.15) is 31.2 Å². The van der Waals surface area contributed by atoms with E-state index in [0.29, 0.717) is 24.1 Å². The van der Waals surface area contributed by atoms with Crippen LogP contribution in [0.15, 0.2) is 29.3 Å². The monoisotopic (exact) mass is 474 g/mol. The second-order valence-electron chi connectivity index (χ2n) is 7.16. The smallest absolute Gasteiger partial charge is 0.224 e. The lowest BCUT2D eigenvalue weighted by Gasteiger charge is -2.38. The van der Waals surface area contributed by atoms with E-state index in [4.69, 9.17) is 0 Å². The van der Waals surface area contributed by atoms with Crippen molar-refractivity contribution >= 4 is 35.8 Å². The van der Waals surface area contributed by atoms with Crippen molar-refractivity contribution in [1.82, 2.24) is 15.5 Å². The molecule has 2 fully saturated rings. The number of guanidine groups is 1. The molecule has 0 bridgehead atoms. The second-order valence-corrected chi connectivity index (χ2v) is 7.16. The zero-order valence-corrected chi connectivity index (χ0v) is 17.6. The standard InChI is InChI=1S/C19H27FN4O.HI/c1-21-18(24-11-8-19(14-24)6-3-7-19)23-10-9-22-17(25)13-15-4-2-5-16(20)12-15;/h2,4-5,12H,3,6-11,13-14H2,1H3,(H,21,23)(H,22,25);1H. The van der Waals surface area contributed by atoms with Crippen LogP contribution in [0.2, 0.25) is 0 Å². The molecule has 1 aliphatic carbocycles. The summed E-state index contributed by atoms with van der Waals surface area (Å²) in [6.45, 7) is 3.31. The largest absolute Gasteiger partial charge is 0.354 e. The van der Waals surface area contributed by atoms with Gasteiger partial charge in [-0.25, -0.2) is 4.39 Å². The average molecular weight is 474 g/mol. The maximum Gasteiger partial charge on any atom is 0.224 e. The maximum absolute atomic E-state index is 13.1. The highest BCUT2D eigenvalue weighted by atomic mass is 127. The van der Waals surface area contributed by atoms with Crippen LogP contribution in [0.3, 0.4) is 0 Å². The Balaban J connectivity index is 0.00000243. The molecule has 1 saturated carbocycles. The average Bonchev–Trinajstić information content (AvgIpc) is 3.01. The highest BCUT2D eigenvalue weighted by Gasteiger charge is 2.43. The Morgan fingerprint density at radius 2 is 2.04 bits per heavy atom. The van der Waals surface area contributed by atoms with Gasteiger partial charge >= 0.3 is 0 Å². The van der Waals surface area contributed by atoms with Gasteiger partial charge in [0.05, 0.1) is 6.42 Å². The number of hydrogen-bond donors (Lipinski definition) is 2. The minimum Gasteiger partial charge on any atom is -0.354 e. The Morgan fingerprint density at radius 1 is 1.27 bits per heavy atom. The summed E-state index contributed by atoms with van der Waals surface area (Å²) in [6.07, 6.45) is 5.50. The van der Waals surface area contributed by atoms with Crippen LogP contribution in [0.4, 0.5) is 4.39 Å². The third kappa shape index (κ3) is 5.31. The summed E-state index contributed by atoms with van der Waals surface area (Å²) in [5.41, 5.74) is 1.22. The Hall–Kier alpha value is -1.38. The molecule has 1 spiro atoms. The highest BCUT2D eigenvalue weighted by Crippen LogP contribution is 2.47. The molecule has 1 aromatic rings. The molecule has 7 heteroatoms. The van der Waals surface area contributed by atoms with E-state index in [1.807, 2.05) is 0 Å². The van der Waals surface area contributed by atoms with Crippen molar-refractivity contribution in [3.05, 3.63) is 35.6 Å². The number of rotatable bonds is 5. The first-order valence-corrected chi connectivity index (χ1v) is 9.07. The van der Waals surface area contributed by atoms with Crippen molar-refractivity contribution in [2.75, 3.05) is 33.2 Å². The molecule has 1 amide bonds. The van der Waals surface area contributed by atoms with Crippen LogP contribution in [0, 0.1) is 11.2 Å². The third-order valence-corrected chi connectivity index (χ3v) is 5.35. The van der Waals surface area contributed by atoms with E-state index in [9.17, 15) is 9.18 Å². The first kappa shape index (κ1) is 20.9. The summed E-state index contributed by atoms with van der Waals surface area (Å²) >= 11 is 0. The number of nitrogens with one attached hydrogen (secondary N) is 2. The highest BCUT2D eigenvalue weighted by molar-refractivity contribution is 14.0. The first-order valence-electron chi connectivity index (χ1n) is 9.07. The Morgan fingerprint density at radius 3 is 2.65 bits per heavy atom. The number of carbonyl (C=O) groups excluding carboxylic acids is 1. The van der Waals surface area contributed by atoms with Gasteiger partial charge in [0.15, 0.2) is 5.96 Å². The number of amides is 1. The van der Waals surface area contributed by atoms with Crippen LogP contribution in [-0.2, 0) is 11.2 Å². The first-order chi connectivity index (χ1) is 12.1. The molecule has 1 heterocycles. The fourth-order valence-corrected chi connectivity index (χ4v) is 3.80. The normalized spacial score (nSPS) is 18.2. The number of hydrogen-bond acceptors (Lipinski definition) is 2. The van der Waals surface area contributed by atoms with Crippen LogP contribution in [0.25, 0.3) is 0 Å². The van der Waals surface area contributed by atoms with Crippen molar-refractivity contribution in [2.24, 2.45) is 10.4 Å². The maximum atomic E-state index is 13.1. The van der Waals surface area contributed by atoms with Crippen LogP contribution < -0.4 is 10.6 Å². The molecule has 0 aromatic heterocycles. The number of likely N-dealkylation sites (tertiary alicyclic amines) is 1. The molecule has 1 aromatic carbocycles. The van der Waals surface area contributed by atoms with E-state index < -0.39 is 0 Å². The van der Waals surface area contributed by atoms with E-state index in [0.717, 1.165) is 19.0 Å². The van der Waals surface area contributed by atoms with Crippen LogP contribution >= 0.6 is 24.0 Å². The van der Waals surface area contributed by atoms with Crippen molar-refractivity contribution in [2.45, 2.75) is 32.1 Å². The molecule has 2 N–H and O–H groups in total. The molecule has 3 rings (SSSR count). The molecule has 1 aliphatic heterocycles. The van der Waals surface area contributed by atoms with Gasteiger partial charge in [-0.15, -0.1) is 24.0 Å². The van der Waals surface area contributed by atoms with E-state index in [1.165, 1.54) is 37.8 Å². The lowest BCUT2D eigenvalue weighted by molar-refractivity contribution is -0.120. The molecule has 0 radical (unpaired) electrons. The quantitative estimate of drug-likeness (QED) is 0.299. The zero-order chi connectivity index (χ0) is 17.7. The number of nitrogens with zero attached hydrogens (tertiary/aromatic N) is 2. The molecular formula is C19H28FIN4O. The predicted molar refractivity (Wildman–Crippen MR) is 112 cm³/mol. The van der Waals surface area contributed by atoms with Gasteiger partial charge in [0, 0.05) is 33.2 Å². The molecule has 0 unspecified atom stereocenters. The third-order valence-electron chi connectivity index (χ3n) is 5.35. The van der Waals surface area contributed by atoms with Gasteiger partial charge in [0.25, 0.3) is 0 Å². The van der Waals surface area contributed by atoms with Crippen molar-refractivity contribution < 1.29 is 9.18 Å². The van der Waals surface area contributed by atoms with Gasteiger partial charge in [-0.1, -0.05) is 18.6 Å². The van der Waals surface area contributed by atoms with E-state index in [1.54, 1.807) is 19.2 Å². The summed E-state index contributed by atoms with van der Waals surface area (Å²) in [7, 11) is 1.80. The van der Waals surface area contributed by atoms with E-state index in [2.05, 4.69) is 20.5 Å². The summed E-state index contributed by atoms with van der Waals surface area (Å²) in [5, 5.41) is 6.19. The van der Waals surface area contributed by atoms with Gasteiger partial charge in [-0.2, -0.15) is 0 Å². The zero-order valence-electron chi connectivity index (χ0n) is 15.3. The minimum absolute atomic E-state index is 0. The van der Waals surface area contributed by atoms with Gasteiger partial charge in [-0.3, -0.25) is 9.79 Å². The van der Waals surface area contributed by atoms with Crippen molar-refractivity contribution in [1.29, 1.82) is 0 Å². The Kier molecular flexibility index (Phi) is 7.67. The van der Waals surface area contributed by atoms with Crippen LogP contribution in [0.5, 0.6) is 0 Å². The number of carbonyl (C=O) groups is 1. The fraction of sp³-hybridized carbons (Fsp3) is 0.579. The Bertz CT molecular complexity index is 648. The number of benzene rings is 1. The second kappa shape index (κ2) is 9.53. The lowest BCUT2D eigenvalue weighted by Crippen LogP contribution is -2.45. The topological polar surface area (TPSA) is 56.7 Å². The Labute approximate surface area is 171 Å². The summed E-state index contributed by atoms with van der Waals surface area (Å²) < 4.78 is 13.1. The number of aliphatic imine (C=N–C) groups is 1. The summed E-state index contributed by atoms with van der Waals surface area (Å²) in [5.74, 6) is 0.505. The molecular weight excluding hydrogens is 446 g/mol. The van der Waals surface area contributed by atoms with Crippen molar-refractivity contribution in [3.63, 3.8) is 0 Å². The SMILES string of the molecule is CN=C(NCCNC(=O)Cc1cccc(F)c1)N1CCC2(CCC2)C1.I. The van der Waals surface area contributed by atoms with Gasteiger partial charge in [0.2, 0.25) is 5.91 Å². The molecule has 1 saturated heterocycles. The van der Waals surface area contributed by atoms with E-state index >= 15 is 0 Å². The minimum atomic E-state index is -0.314.